The Morgan fingerprint density at radius 1 is 1.44 bits per heavy atom. The summed E-state index contributed by atoms with van der Waals surface area (Å²) in [4.78, 5) is 14.5. The maximum atomic E-state index is 12.4. The van der Waals surface area contributed by atoms with E-state index >= 15 is 0 Å². The molecule has 3 atom stereocenters. The van der Waals surface area contributed by atoms with Crippen molar-refractivity contribution in [1.82, 2.24) is 10.2 Å². The van der Waals surface area contributed by atoms with Gasteiger partial charge in [0.25, 0.3) is 0 Å². The van der Waals surface area contributed by atoms with E-state index in [-0.39, 0.29) is 5.92 Å². The average molecular weight is 224 g/mol. The number of likely N-dealkylation sites (tertiary alicyclic amines) is 1. The first kappa shape index (κ1) is 11.9. The summed E-state index contributed by atoms with van der Waals surface area (Å²) in [7, 11) is 0. The molecule has 0 saturated carbocycles. The van der Waals surface area contributed by atoms with Gasteiger partial charge in [-0.25, -0.2) is 0 Å². The highest BCUT2D eigenvalue weighted by Crippen LogP contribution is 2.24. The van der Waals surface area contributed by atoms with Crippen LogP contribution in [-0.4, -0.2) is 37.0 Å². The van der Waals surface area contributed by atoms with Crippen LogP contribution < -0.4 is 5.32 Å². The molecule has 16 heavy (non-hydrogen) atoms. The lowest BCUT2D eigenvalue weighted by atomic mass is 9.92. The molecule has 0 aromatic heterocycles. The predicted molar refractivity (Wildman–Crippen MR) is 65.1 cm³/mol. The highest BCUT2D eigenvalue weighted by molar-refractivity contribution is 5.79. The van der Waals surface area contributed by atoms with Crippen LogP contribution in [0.25, 0.3) is 0 Å². The molecule has 2 fully saturated rings. The van der Waals surface area contributed by atoms with Gasteiger partial charge >= 0.3 is 0 Å². The van der Waals surface area contributed by atoms with E-state index in [2.05, 4.69) is 24.1 Å². The van der Waals surface area contributed by atoms with Crippen LogP contribution >= 0.6 is 0 Å². The van der Waals surface area contributed by atoms with Crippen molar-refractivity contribution in [3.8, 4) is 0 Å². The fourth-order valence-corrected chi connectivity index (χ4v) is 2.97. The van der Waals surface area contributed by atoms with E-state index in [0.717, 1.165) is 32.1 Å². The van der Waals surface area contributed by atoms with Crippen molar-refractivity contribution in [2.45, 2.75) is 33.1 Å². The normalized spacial score (nSPS) is 35.4. The molecule has 2 aliphatic heterocycles. The summed E-state index contributed by atoms with van der Waals surface area (Å²) in [5.74, 6) is 1.88. The van der Waals surface area contributed by atoms with Crippen molar-refractivity contribution in [3.05, 3.63) is 0 Å². The second-order valence-electron chi connectivity index (χ2n) is 5.44. The van der Waals surface area contributed by atoms with E-state index in [1.807, 2.05) is 0 Å². The molecule has 1 unspecified atom stereocenters. The van der Waals surface area contributed by atoms with Crippen molar-refractivity contribution in [3.63, 3.8) is 0 Å². The van der Waals surface area contributed by atoms with Crippen molar-refractivity contribution in [1.29, 1.82) is 0 Å². The standard InChI is InChI=1S/C13H24N2O/c1-3-11-5-4-6-15(9-11)13(16)12-8-14-7-10(12)2/h10-12,14H,3-9H2,1-2H3/t10-,11?,12-/m1/s1. The average Bonchev–Trinajstić information content (AvgIpc) is 2.74. The Bertz CT molecular complexity index is 254. The summed E-state index contributed by atoms with van der Waals surface area (Å²) < 4.78 is 0. The number of hydrogen-bond acceptors (Lipinski definition) is 2. The largest absolute Gasteiger partial charge is 0.342 e. The molecule has 92 valence electrons. The van der Waals surface area contributed by atoms with Gasteiger partial charge in [-0.05, 0) is 31.2 Å². The lowest BCUT2D eigenvalue weighted by molar-refractivity contribution is -0.137. The first-order chi connectivity index (χ1) is 7.72. The molecule has 0 radical (unpaired) electrons. The second-order valence-corrected chi connectivity index (χ2v) is 5.44. The summed E-state index contributed by atoms with van der Waals surface area (Å²) in [6.07, 6.45) is 3.71. The highest BCUT2D eigenvalue weighted by Gasteiger charge is 2.34. The lowest BCUT2D eigenvalue weighted by Crippen LogP contribution is -2.44. The van der Waals surface area contributed by atoms with Crippen LogP contribution in [0.3, 0.4) is 0 Å². The molecule has 1 N–H and O–H groups in total. The zero-order valence-electron chi connectivity index (χ0n) is 10.5. The SMILES string of the molecule is CCC1CCCN(C(=O)[C@@H]2CNC[C@H]2C)C1. The van der Waals surface area contributed by atoms with E-state index in [9.17, 15) is 4.79 Å². The molecule has 2 saturated heterocycles. The maximum Gasteiger partial charge on any atom is 0.227 e. The van der Waals surface area contributed by atoms with Gasteiger partial charge in [-0.2, -0.15) is 0 Å². The molecule has 3 heteroatoms. The lowest BCUT2D eigenvalue weighted by Gasteiger charge is -2.34. The van der Waals surface area contributed by atoms with Crippen molar-refractivity contribution < 1.29 is 4.79 Å². The molecular weight excluding hydrogens is 200 g/mol. The highest BCUT2D eigenvalue weighted by atomic mass is 16.2. The van der Waals surface area contributed by atoms with Crippen LogP contribution in [0, 0.1) is 17.8 Å². The van der Waals surface area contributed by atoms with Crippen LogP contribution in [0.2, 0.25) is 0 Å². The summed E-state index contributed by atoms with van der Waals surface area (Å²) in [5.41, 5.74) is 0. The molecule has 3 nitrogen and oxygen atoms in total. The van der Waals surface area contributed by atoms with Gasteiger partial charge in [-0.15, -0.1) is 0 Å². The zero-order valence-corrected chi connectivity index (χ0v) is 10.5. The second kappa shape index (κ2) is 5.17. The Morgan fingerprint density at radius 2 is 2.25 bits per heavy atom. The number of amides is 1. The Hall–Kier alpha value is -0.570. The molecule has 0 aliphatic carbocycles. The van der Waals surface area contributed by atoms with Gasteiger partial charge in [0.05, 0.1) is 5.92 Å². The molecule has 2 aliphatic rings. The monoisotopic (exact) mass is 224 g/mol. The fraction of sp³-hybridized carbons (Fsp3) is 0.923. The molecule has 2 heterocycles. The number of nitrogens with one attached hydrogen (secondary N) is 1. The third-order valence-electron chi connectivity index (χ3n) is 4.24. The molecule has 0 bridgehead atoms. The molecular formula is C13H24N2O. The Morgan fingerprint density at radius 3 is 2.88 bits per heavy atom. The first-order valence-corrected chi connectivity index (χ1v) is 6.72. The summed E-state index contributed by atoms with van der Waals surface area (Å²) in [5, 5.41) is 3.32. The number of rotatable bonds is 2. The van der Waals surface area contributed by atoms with Crippen LogP contribution in [-0.2, 0) is 4.79 Å². The van der Waals surface area contributed by atoms with Gasteiger partial charge < -0.3 is 10.2 Å². The van der Waals surface area contributed by atoms with E-state index < -0.39 is 0 Å². The minimum Gasteiger partial charge on any atom is -0.342 e. The molecule has 2 rings (SSSR count). The van der Waals surface area contributed by atoms with Gasteiger partial charge in [0, 0.05) is 19.6 Å². The zero-order chi connectivity index (χ0) is 11.5. The number of carbonyl (C=O) groups excluding carboxylic acids is 1. The number of hydrogen-bond donors (Lipinski definition) is 1. The summed E-state index contributed by atoms with van der Waals surface area (Å²) >= 11 is 0. The van der Waals surface area contributed by atoms with Gasteiger partial charge in [-0.3, -0.25) is 4.79 Å². The molecule has 0 aromatic rings. The van der Waals surface area contributed by atoms with Crippen molar-refractivity contribution in [2.75, 3.05) is 26.2 Å². The predicted octanol–water partition coefficient (Wildman–Crippen LogP) is 1.49. The number of nitrogens with zero attached hydrogens (tertiary/aromatic N) is 1. The Labute approximate surface area is 98.6 Å². The summed E-state index contributed by atoms with van der Waals surface area (Å²) in [6.45, 7) is 8.29. The Balaban J connectivity index is 1.93. The van der Waals surface area contributed by atoms with E-state index in [4.69, 9.17) is 0 Å². The number of piperidine rings is 1. The number of carbonyl (C=O) groups is 1. The van der Waals surface area contributed by atoms with Gasteiger partial charge in [-0.1, -0.05) is 20.3 Å². The minimum atomic E-state index is 0.232. The van der Waals surface area contributed by atoms with Crippen LogP contribution in [0.15, 0.2) is 0 Å². The van der Waals surface area contributed by atoms with Gasteiger partial charge in [0.1, 0.15) is 0 Å². The third kappa shape index (κ3) is 2.40. The quantitative estimate of drug-likeness (QED) is 0.771. The molecule has 0 spiro atoms. The topological polar surface area (TPSA) is 32.3 Å². The molecule has 0 aromatic carbocycles. The Kier molecular flexibility index (Phi) is 3.85. The maximum absolute atomic E-state index is 12.4. The van der Waals surface area contributed by atoms with Gasteiger partial charge in [0.15, 0.2) is 0 Å². The van der Waals surface area contributed by atoms with Crippen molar-refractivity contribution in [2.24, 2.45) is 17.8 Å². The molecule has 1 amide bonds. The smallest absolute Gasteiger partial charge is 0.227 e. The van der Waals surface area contributed by atoms with E-state index in [1.54, 1.807) is 0 Å². The summed E-state index contributed by atoms with van der Waals surface area (Å²) in [6, 6.07) is 0. The fourth-order valence-electron chi connectivity index (χ4n) is 2.97. The minimum absolute atomic E-state index is 0.232. The third-order valence-corrected chi connectivity index (χ3v) is 4.24. The van der Waals surface area contributed by atoms with Crippen molar-refractivity contribution >= 4 is 5.91 Å². The first-order valence-electron chi connectivity index (χ1n) is 6.72. The van der Waals surface area contributed by atoms with Crippen LogP contribution in [0.4, 0.5) is 0 Å². The van der Waals surface area contributed by atoms with Gasteiger partial charge in [0.2, 0.25) is 5.91 Å². The van der Waals surface area contributed by atoms with Crippen LogP contribution in [0.1, 0.15) is 33.1 Å². The van der Waals surface area contributed by atoms with Crippen LogP contribution in [0.5, 0.6) is 0 Å². The van der Waals surface area contributed by atoms with E-state index in [1.165, 1.54) is 19.3 Å². The van der Waals surface area contributed by atoms with E-state index in [0.29, 0.717) is 11.8 Å².